The van der Waals surface area contributed by atoms with Crippen LogP contribution in [0.4, 0.5) is 25.1 Å². The van der Waals surface area contributed by atoms with Gasteiger partial charge in [-0.2, -0.15) is 28.1 Å². The molecule has 0 radical (unpaired) electrons. The van der Waals surface area contributed by atoms with Gasteiger partial charge in [0.15, 0.2) is 0 Å². The average Bonchev–Trinajstić information content (AvgIpc) is 2.46. The molecule has 0 fully saturated rings. The van der Waals surface area contributed by atoms with Crippen molar-refractivity contribution in [1.29, 1.82) is 0 Å². The highest BCUT2D eigenvalue weighted by Crippen LogP contribution is 2.30. The van der Waals surface area contributed by atoms with E-state index in [2.05, 4.69) is 15.0 Å². The zero-order chi connectivity index (χ0) is 17.0. The molecule has 5 nitrogen and oxygen atoms in total. The van der Waals surface area contributed by atoms with Crippen LogP contribution in [0.25, 0.3) is 0 Å². The van der Waals surface area contributed by atoms with Crippen molar-refractivity contribution >= 4 is 23.7 Å². The number of anilines is 2. The minimum Gasteiger partial charge on any atom is -0.368 e. The second kappa shape index (κ2) is 7.03. The standard InChI is InChI=1S/C14H16F3N5S/c1-22(2)13-20-11(19-12(18)21-13)8-23-7-9-4-3-5-10(6-9)14(15,16)17/h3-6H,7-8H2,1-2H3,(H2,18,19,20,21). The van der Waals surface area contributed by atoms with Gasteiger partial charge in [0.1, 0.15) is 5.82 Å². The summed E-state index contributed by atoms with van der Waals surface area (Å²) in [4.78, 5) is 14.0. The monoisotopic (exact) mass is 343 g/mol. The molecule has 0 saturated heterocycles. The molecule has 23 heavy (non-hydrogen) atoms. The van der Waals surface area contributed by atoms with Crippen molar-refractivity contribution in [3.63, 3.8) is 0 Å². The van der Waals surface area contributed by atoms with Crippen molar-refractivity contribution < 1.29 is 13.2 Å². The summed E-state index contributed by atoms with van der Waals surface area (Å²) >= 11 is 1.41. The molecule has 2 N–H and O–H groups in total. The Labute approximate surface area is 136 Å². The Kier molecular flexibility index (Phi) is 5.30. The van der Waals surface area contributed by atoms with Crippen LogP contribution in [0.1, 0.15) is 17.0 Å². The third-order valence-corrected chi connectivity index (χ3v) is 3.84. The lowest BCUT2D eigenvalue weighted by atomic mass is 10.1. The molecule has 2 rings (SSSR count). The first-order valence-electron chi connectivity index (χ1n) is 6.67. The Balaban J connectivity index is 2.00. The maximum atomic E-state index is 12.7. The summed E-state index contributed by atoms with van der Waals surface area (Å²) in [6.07, 6.45) is -4.33. The highest BCUT2D eigenvalue weighted by atomic mass is 32.2. The third-order valence-electron chi connectivity index (χ3n) is 2.84. The summed E-state index contributed by atoms with van der Waals surface area (Å²) in [5, 5.41) is 0. The van der Waals surface area contributed by atoms with E-state index in [0.29, 0.717) is 28.8 Å². The van der Waals surface area contributed by atoms with Gasteiger partial charge >= 0.3 is 6.18 Å². The van der Waals surface area contributed by atoms with Crippen LogP contribution in [-0.4, -0.2) is 29.0 Å². The lowest BCUT2D eigenvalue weighted by Crippen LogP contribution is -2.15. The van der Waals surface area contributed by atoms with E-state index in [9.17, 15) is 13.2 Å². The predicted octanol–water partition coefficient (Wildman–Crippen LogP) is 2.97. The molecule has 2 aromatic rings. The number of nitrogens with zero attached hydrogens (tertiary/aromatic N) is 4. The van der Waals surface area contributed by atoms with Gasteiger partial charge in [0.2, 0.25) is 11.9 Å². The fourth-order valence-electron chi connectivity index (χ4n) is 1.79. The quantitative estimate of drug-likeness (QED) is 0.900. The molecule has 1 aromatic carbocycles. The molecule has 1 aromatic heterocycles. The van der Waals surface area contributed by atoms with Gasteiger partial charge in [0.05, 0.1) is 11.3 Å². The Morgan fingerprint density at radius 1 is 1.13 bits per heavy atom. The van der Waals surface area contributed by atoms with Crippen molar-refractivity contribution in [1.82, 2.24) is 15.0 Å². The topological polar surface area (TPSA) is 67.9 Å². The minimum absolute atomic E-state index is 0.123. The summed E-state index contributed by atoms with van der Waals surface area (Å²) in [6.45, 7) is 0. The highest BCUT2D eigenvalue weighted by Gasteiger charge is 2.30. The molecule has 0 aliphatic rings. The summed E-state index contributed by atoms with van der Waals surface area (Å²) in [5.74, 6) is 1.93. The Bertz CT molecular complexity index is 676. The van der Waals surface area contributed by atoms with Crippen molar-refractivity contribution in [3.8, 4) is 0 Å². The highest BCUT2D eigenvalue weighted by molar-refractivity contribution is 7.97. The lowest BCUT2D eigenvalue weighted by Gasteiger charge is -2.11. The van der Waals surface area contributed by atoms with E-state index in [-0.39, 0.29) is 5.95 Å². The average molecular weight is 343 g/mol. The van der Waals surface area contributed by atoms with Crippen LogP contribution in [0.3, 0.4) is 0 Å². The van der Waals surface area contributed by atoms with E-state index < -0.39 is 11.7 Å². The van der Waals surface area contributed by atoms with Gasteiger partial charge in [0.25, 0.3) is 0 Å². The number of nitrogen functional groups attached to an aromatic ring is 1. The van der Waals surface area contributed by atoms with Gasteiger partial charge in [-0.15, -0.1) is 11.8 Å². The summed E-state index contributed by atoms with van der Waals surface area (Å²) in [6, 6.07) is 5.28. The number of rotatable bonds is 5. The molecule has 0 aliphatic carbocycles. The van der Waals surface area contributed by atoms with E-state index in [4.69, 9.17) is 5.73 Å². The molecular formula is C14H16F3N5S. The SMILES string of the molecule is CN(C)c1nc(N)nc(CSCc2cccc(C(F)(F)F)c2)n1. The number of hydrogen-bond donors (Lipinski definition) is 1. The fraction of sp³-hybridized carbons (Fsp3) is 0.357. The van der Waals surface area contributed by atoms with Gasteiger partial charge < -0.3 is 10.6 Å². The zero-order valence-electron chi connectivity index (χ0n) is 12.6. The second-order valence-corrected chi connectivity index (χ2v) is 5.98. The van der Waals surface area contributed by atoms with E-state index in [1.807, 2.05) is 0 Å². The predicted molar refractivity (Wildman–Crippen MR) is 85.0 cm³/mol. The lowest BCUT2D eigenvalue weighted by molar-refractivity contribution is -0.137. The van der Waals surface area contributed by atoms with Crippen LogP contribution in [0.15, 0.2) is 24.3 Å². The first-order chi connectivity index (χ1) is 10.8. The van der Waals surface area contributed by atoms with E-state index in [1.165, 1.54) is 17.8 Å². The largest absolute Gasteiger partial charge is 0.416 e. The van der Waals surface area contributed by atoms with Crippen molar-refractivity contribution in [2.45, 2.75) is 17.7 Å². The van der Waals surface area contributed by atoms with E-state index in [1.54, 1.807) is 25.1 Å². The molecule has 0 amide bonds. The van der Waals surface area contributed by atoms with Crippen LogP contribution < -0.4 is 10.6 Å². The summed E-state index contributed by atoms with van der Waals surface area (Å²) in [7, 11) is 3.57. The van der Waals surface area contributed by atoms with Gasteiger partial charge in [-0.25, -0.2) is 0 Å². The number of aromatic nitrogens is 3. The summed E-state index contributed by atoms with van der Waals surface area (Å²) < 4.78 is 38.0. The molecule has 0 saturated carbocycles. The molecule has 0 bridgehead atoms. The van der Waals surface area contributed by atoms with Gasteiger partial charge in [-0.3, -0.25) is 0 Å². The Morgan fingerprint density at radius 2 is 1.87 bits per heavy atom. The molecule has 9 heteroatoms. The minimum atomic E-state index is -4.33. The number of alkyl halides is 3. The van der Waals surface area contributed by atoms with Crippen LogP contribution >= 0.6 is 11.8 Å². The molecule has 0 aliphatic heterocycles. The normalized spacial score (nSPS) is 11.5. The number of nitrogens with two attached hydrogens (primary N) is 1. The maximum absolute atomic E-state index is 12.7. The third kappa shape index (κ3) is 4.98. The van der Waals surface area contributed by atoms with E-state index >= 15 is 0 Å². The second-order valence-electron chi connectivity index (χ2n) is 5.00. The van der Waals surface area contributed by atoms with Crippen LogP contribution in [0, 0.1) is 0 Å². The molecule has 0 spiro atoms. The first-order valence-corrected chi connectivity index (χ1v) is 7.83. The number of halogens is 3. The summed E-state index contributed by atoms with van der Waals surface area (Å²) in [5.41, 5.74) is 5.58. The van der Waals surface area contributed by atoms with E-state index in [0.717, 1.165) is 12.1 Å². The number of hydrogen-bond acceptors (Lipinski definition) is 6. The van der Waals surface area contributed by atoms with Gasteiger partial charge in [-0.1, -0.05) is 18.2 Å². The zero-order valence-corrected chi connectivity index (χ0v) is 13.4. The Morgan fingerprint density at radius 3 is 2.52 bits per heavy atom. The maximum Gasteiger partial charge on any atom is 0.416 e. The van der Waals surface area contributed by atoms with Crippen LogP contribution in [-0.2, 0) is 17.7 Å². The van der Waals surface area contributed by atoms with Crippen LogP contribution in [0.2, 0.25) is 0 Å². The first kappa shape index (κ1) is 17.3. The fourth-order valence-corrected chi connectivity index (χ4v) is 2.62. The van der Waals surface area contributed by atoms with Crippen molar-refractivity contribution in [3.05, 3.63) is 41.2 Å². The van der Waals surface area contributed by atoms with Crippen molar-refractivity contribution in [2.24, 2.45) is 0 Å². The molecule has 124 valence electrons. The molecular weight excluding hydrogens is 327 g/mol. The molecule has 0 unspecified atom stereocenters. The smallest absolute Gasteiger partial charge is 0.368 e. The number of benzene rings is 1. The van der Waals surface area contributed by atoms with Gasteiger partial charge in [-0.05, 0) is 11.6 Å². The van der Waals surface area contributed by atoms with Crippen molar-refractivity contribution in [2.75, 3.05) is 24.7 Å². The number of thioether (sulfide) groups is 1. The van der Waals surface area contributed by atoms with Gasteiger partial charge in [0, 0.05) is 19.8 Å². The Hall–Kier alpha value is -2.03. The molecule has 1 heterocycles. The molecule has 0 atom stereocenters. The van der Waals surface area contributed by atoms with Crippen LogP contribution in [0.5, 0.6) is 0 Å².